The molecule has 9 nitrogen and oxygen atoms in total. The summed E-state index contributed by atoms with van der Waals surface area (Å²) in [6.45, 7) is 2.51. The average molecular weight is 636 g/mol. The molecule has 3 aromatic rings. The maximum absolute atomic E-state index is 14.1. The zero-order chi connectivity index (χ0) is 32.2. The summed E-state index contributed by atoms with van der Waals surface area (Å²) in [5.41, 5.74) is 2.21. The second-order valence-corrected chi connectivity index (χ2v) is 13.3. The first-order chi connectivity index (χ1) is 21.7. The Morgan fingerprint density at radius 3 is 2.33 bits per heavy atom. The average Bonchev–Trinajstić information content (AvgIpc) is 3.54. The number of sulfonamides is 1. The van der Waals surface area contributed by atoms with Gasteiger partial charge in [-0.25, -0.2) is 8.42 Å². The number of rotatable bonds is 16. The Kier molecular flexibility index (Phi) is 12.3. The third-order valence-electron chi connectivity index (χ3n) is 8.05. The molecule has 0 aromatic heterocycles. The number of anilines is 1. The standard InChI is InChI=1S/C35H45N3O6S/c1-4-44-33-21-11-10-20-31(33)38(45(3,41)42)23-13-22-34(39)37(26-28-16-12-19-30(24-28)43-2)32(25-27-14-6-5-7-15-27)35(40)36-29-17-8-9-18-29/h5-7,10-12,14-16,19-21,24,29,32H,4,8-9,13,17-18,22-23,25-26H2,1-3H3,(H,36,40). The number of nitrogens with zero attached hydrogens (tertiary/aromatic N) is 2. The molecule has 0 radical (unpaired) electrons. The molecule has 4 rings (SSSR count). The number of benzene rings is 3. The first kappa shape index (κ1) is 33.8. The Bertz CT molecular complexity index is 1510. The molecule has 1 unspecified atom stereocenters. The van der Waals surface area contributed by atoms with Crippen molar-refractivity contribution in [1.82, 2.24) is 10.2 Å². The third kappa shape index (κ3) is 9.72. The topological polar surface area (TPSA) is 105 Å². The van der Waals surface area contributed by atoms with Crippen molar-refractivity contribution in [3.8, 4) is 11.5 Å². The maximum atomic E-state index is 14.1. The van der Waals surface area contributed by atoms with Crippen LogP contribution >= 0.6 is 0 Å². The number of amides is 2. The predicted molar refractivity (Wildman–Crippen MR) is 177 cm³/mol. The van der Waals surface area contributed by atoms with Crippen molar-refractivity contribution in [3.05, 3.63) is 90.0 Å². The van der Waals surface area contributed by atoms with Crippen molar-refractivity contribution in [2.75, 3.05) is 30.8 Å². The van der Waals surface area contributed by atoms with Crippen LogP contribution < -0.4 is 19.1 Å². The van der Waals surface area contributed by atoms with Crippen LogP contribution in [0, 0.1) is 0 Å². The second-order valence-electron chi connectivity index (χ2n) is 11.4. The van der Waals surface area contributed by atoms with Gasteiger partial charge < -0.3 is 19.7 Å². The maximum Gasteiger partial charge on any atom is 0.243 e. The van der Waals surface area contributed by atoms with Crippen LogP contribution in [0.15, 0.2) is 78.9 Å². The molecular weight excluding hydrogens is 590 g/mol. The zero-order valence-electron chi connectivity index (χ0n) is 26.5. The summed E-state index contributed by atoms with van der Waals surface area (Å²) in [5, 5.41) is 3.22. The lowest BCUT2D eigenvalue weighted by Crippen LogP contribution is -2.52. The van der Waals surface area contributed by atoms with Crippen LogP contribution in [0.25, 0.3) is 0 Å². The first-order valence-electron chi connectivity index (χ1n) is 15.7. The molecule has 10 heteroatoms. The van der Waals surface area contributed by atoms with Gasteiger partial charge in [0.1, 0.15) is 17.5 Å². The Morgan fingerprint density at radius 1 is 0.956 bits per heavy atom. The molecule has 1 saturated carbocycles. The molecule has 0 heterocycles. The van der Waals surface area contributed by atoms with E-state index in [1.54, 1.807) is 36.3 Å². The number of carbonyl (C=O) groups is 2. The van der Waals surface area contributed by atoms with E-state index in [1.807, 2.05) is 61.5 Å². The summed E-state index contributed by atoms with van der Waals surface area (Å²) < 4.78 is 38.2. The van der Waals surface area contributed by atoms with Gasteiger partial charge in [0, 0.05) is 32.0 Å². The van der Waals surface area contributed by atoms with Gasteiger partial charge in [-0.3, -0.25) is 13.9 Å². The van der Waals surface area contributed by atoms with E-state index in [-0.39, 0.29) is 43.8 Å². The molecule has 1 fully saturated rings. The number of ether oxygens (including phenoxy) is 2. The fourth-order valence-electron chi connectivity index (χ4n) is 5.81. The smallest absolute Gasteiger partial charge is 0.243 e. The van der Waals surface area contributed by atoms with Gasteiger partial charge in [0.25, 0.3) is 0 Å². The van der Waals surface area contributed by atoms with Crippen molar-refractivity contribution in [3.63, 3.8) is 0 Å². The summed E-state index contributed by atoms with van der Waals surface area (Å²) >= 11 is 0. The minimum Gasteiger partial charge on any atom is -0.497 e. The largest absolute Gasteiger partial charge is 0.497 e. The Morgan fingerprint density at radius 2 is 1.64 bits per heavy atom. The number of para-hydroxylation sites is 2. The van der Waals surface area contributed by atoms with E-state index in [2.05, 4.69) is 5.32 Å². The van der Waals surface area contributed by atoms with Crippen molar-refractivity contribution >= 4 is 27.5 Å². The monoisotopic (exact) mass is 635 g/mol. The normalized spacial score (nSPS) is 14.0. The van der Waals surface area contributed by atoms with E-state index in [4.69, 9.17) is 9.47 Å². The van der Waals surface area contributed by atoms with Gasteiger partial charge in [0.2, 0.25) is 21.8 Å². The molecule has 0 aliphatic heterocycles. The van der Waals surface area contributed by atoms with Gasteiger partial charge in [-0.15, -0.1) is 0 Å². The molecule has 1 atom stereocenters. The van der Waals surface area contributed by atoms with Gasteiger partial charge in [-0.2, -0.15) is 0 Å². The van der Waals surface area contributed by atoms with Gasteiger partial charge in [0.15, 0.2) is 0 Å². The Balaban J connectivity index is 1.61. The molecule has 242 valence electrons. The summed E-state index contributed by atoms with van der Waals surface area (Å²) in [5.74, 6) is 0.715. The van der Waals surface area contributed by atoms with Crippen LogP contribution in [0.5, 0.6) is 11.5 Å². The van der Waals surface area contributed by atoms with E-state index in [0.29, 0.717) is 30.2 Å². The highest BCUT2D eigenvalue weighted by atomic mass is 32.2. The van der Waals surface area contributed by atoms with Gasteiger partial charge in [-0.05, 0) is 61.6 Å². The third-order valence-corrected chi connectivity index (χ3v) is 9.23. The fraction of sp³-hybridized carbons (Fsp3) is 0.429. The molecule has 1 aliphatic carbocycles. The number of hydrogen-bond donors (Lipinski definition) is 1. The number of carbonyl (C=O) groups excluding carboxylic acids is 2. The molecule has 1 aliphatic rings. The van der Waals surface area contributed by atoms with E-state index >= 15 is 0 Å². The fourth-order valence-corrected chi connectivity index (χ4v) is 6.78. The highest BCUT2D eigenvalue weighted by molar-refractivity contribution is 7.92. The van der Waals surface area contributed by atoms with Crippen LogP contribution in [0.1, 0.15) is 56.6 Å². The molecule has 2 amide bonds. The van der Waals surface area contributed by atoms with Crippen LogP contribution in [0.4, 0.5) is 5.69 Å². The van der Waals surface area contributed by atoms with E-state index < -0.39 is 16.1 Å². The second kappa shape index (κ2) is 16.3. The number of methoxy groups -OCH3 is 1. The van der Waals surface area contributed by atoms with Crippen LogP contribution in [0.2, 0.25) is 0 Å². The van der Waals surface area contributed by atoms with Crippen molar-refractivity contribution < 1.29 is 27.5 Å². The summed E-state index contributed by atoms with van der Waals surface area (Å²) in [6, 6.07) is 23.5. The highest BCUT2D eigenvalue weighted by Crippen LogP contribution is 2.30. The van der Waals surface area contributed by atoms with Crippen LogP contribution in [0.3, 0.4) is 0 Å². The molecule has 0 bridgehead atoms. The molecule has 45 heavy (non-hydrogen) atoms. The van der Waals surface area contributed by atoms with Gasteiger partial charge in [0.05, 0.1) is 25.7 Å². The molecule has 1 N–H and O–H groups in total. The summed E-state index contributed by atoms with van der Waals surface area (Å²) in [6.07, 6.45) is 5.81. The predicted octanol–water partition coefficient (Wildman–Crippen LogP) is 5.34. The Labute approximate surface area is 267 Å². The molecular formula is C35H45N3O6S. The highest BCUT2D eigenvalue weighted by Gasteiger charge is 2.32. The molecule has 0 saturated heterocycles. The zero-order valence-corrected chi connectivity index (χ0v) is 27.3. The van der Waals surface area contributed by atoms with Crippen LogP contribution in [-0.4, -0.2) is 63.7 Å². The summed E-state index contributed by atoms with van der Waals surface area (Å²) in [4.78, 5) is 29.7. The van der Waals surface area contributed by atoms with Gasteiger partial charge >= 0.3 is 0 Å². The van der Waals surface area contributed by atoms with Crippen molar-refractivity contribution in [2.24, 2.45) is 0 Å². The lowest BCUT2D eigenvalue weighted by Gasteiger charge is -2.33. The molecule has 0 spiro atoms. The number of hydrogen-bond acceptors (Lipinski definition) is 6. The van der Waals surface area contributed by atoms with Crippen molar-refractivity contribution in [1.29, 1.82) is 0 Å². The lowest BCUT2D eigenvalue weighted by atomic mass is 10.0. The van der Waals surface area contributed by atoms with Crippen LogP contribution in [-0.2, 0) is 32.6 Å². The Hall–Kier alpha value is -4.05. The number of nitrogens with one attached hydrogen (secondary N) is 1. The SMILES string of the molecule is CCOc1ccccc1N(CCCC(=O)N(Cc1cccc(OC)c1)C(Cc1ccccc1)C(=O)NC1CCCC1)S(C)(=O)=O. The first-order valence-corrected chi connectivity index (χ1v) is 17.5. The van der Waals surface area contributed by atoms with Crippen molar-refractivity contribution in [2.45, 2.75) is 70.5 Å². The quantitative estimate of drug-likeness (QED) is 0.228. The molecule has 3 aromatic carbocycles. The minimum atomic E-state index is -3.67. The lowest BCUT2D eigenvalue weighted by molar-refractivity contribution is -0.141. The van der Waals surface area contributed by atoms with Gasteiger partial charge in [-0.1, -0.05) is 67.4 Å². The summed E-state index contributed by atoms with van der Waals surface area (Å²) in [7, 11) is -2.08. The van der Waals surface area contributed by atoms with E-state index in [0.717, 1.165) is 43.1 Å². The van der Waals surface area contributed by atoms with E-state index in [9.17, 15) is 18.0 Å². The minimum absolute atomic E-state index is 0.0504. The van der Waals surface area contributed by atoms with E-state index in [1.165, 1.54) is 4.31 Å².